The first-order valence-electron chi connectivity index (χ1n) is 11.1. The van der Waals surface area contributed by atoms with Gasteiger partial charge in [0.2, 0.25) is 17.7 Å². The van der Waals surface area contributed by atoms with Gasteiger partial charge in [0.15, 0.2) is 0 Å². The van der Waals surface area contributed by atoms with E-state index >= 15 is 0 Å². The molecule has 3 aromatic rings. The second-order valence-corrected chi connectivity index (χ2v) is 8.84. The molecule has 5 rings (SSSR count). The molecular weight excluding hydrogens is 468 g/mol. The van der Waals surface area contributed by atoms with E-state index in [-0.39, 0.29) is 43.1 Å². The topological polar surface area (TPSA) is 98.8 Å². The number of amides is 4. The average Bonchev–Trinajstić information content (AvgIpc) is 3.25. The van der Waals surface area contributed by atoms with Crippen molar-refractivity contribution in [1.29, 1.82) is 0 Å². The molecule has 2 heterocycles. The predicted octanol–water partition coefficient (Wildman–Crippen LogP) is 3.93. The van der Waals surface area contributed by atoms with Gasteiger partial charge in [-0.25, -0.2) is 0 Å². The molecule has 1 saturated heterocycles. The van der Waals surface area contributed by atoms with Crippen LogP contribution in [0.15, 0.2) is 72.8 Å². The van der Waals surface area contributed by atoms with Gasteiger partial charge in [0, 0.05) is 34.9 Å². The molecule has 1 atom stereocenters. The van der Waals surface area contributed by atoms with Crippen LogP contribution in [-0.2, 0) is 14.4 Å². The Morgan fingerprint density at radius 2 is 1.74 bits per heavy atom. The van der Waals surface area contributed by atoms with Gasteiger partial charge in [-0.3, -0.25) is 24.1 Å². The molecule has 0 spiro atoms. The minimum absolute atomic E-state index is 0.0762. The van der Waals surface area contributed by atoms with Crippen LogP contribution in [0, 0.1) is 5.92 Å². The van der Waals surface area contributed by atoms with Crippen LogP contribution in [0.5, 0.6) is 0 Å². The van der Waals surface area contributed by atoms with E-state index < -0.39 is 5.92 Å². The lowest BCUT2D eigenvalue weighted by Gasteiger charge is -2.29. The first-order valence-corrected chi connectivity index (χ1v) is 11.4. The summed E-state index contributed by atoms with van der Waals surface area (Å²) >= 11 is 6.03. The normalized spacial score (nSPS) is 17.1. The molecule has 35 heavy (non-hydrogen) atoms. The Morgan fingerprint density at radius 3 is 2.51 bits per heavy atom. The van der Waals surface area contributed by atoms with Crippen molar-refractivity contribution in [2.45, 2.75) is 6.42 Å². The van der Waals surface area contributed by atoms with Gasteiger partial charge in [-0.1, -0.05) is 29.8 Å². The lowest BCUT2D eigenvalue weighted by molar-refractivity contribution is -0.122. The van der Waals surface area contributed by atoms with Gasteiger partial charge < -0.3 is 15.5 Å². The fourth-order valence-corrected chi connectivity index (χ4v) is 4.47. The summed E-state index contributed by atoms with van der Waals surface area (Å²) in [6.07, 6.45) is 0.103. The first-order chi connectivity index (χ1) is 16.9. The highest BCUT2D eigenvalue weighted by atomic mass is 35.5. The molecule has 8 nitrogen and oxygen atoms in total. The highest BCUT2D eigenvalue weighted by molar-refractivity contribution is 6.31. The molecular formula is C26H21ClN4O4. The number of carbonyl (C=O) groups is 4. The summed E-state index contributed by atoms with van der Waals surface area (Å²) in [5, 5.41) is 6.10. The molecule has 2 N–H and O–H groups in total. The Balaban J connectivity index is 1.25. The maximum absolute atomic E-state index is 13.1. The van der Waals surface area contributed by atoms with Crippen molar-refractivity contribution in [3.8, 4) is 0 Å². The van der Waals surface area contributed by atoms with Crippen LogP contribution in [0.25, 0.3) is 0 Å². The Kier molecular flexibility index (Phi) is 5.96. The minimum Gasteiger partial charge on any atom is -0.326 e. The smallest absolute Gasteiger partial charge is 0.258 e. The Hall–Kier alpha value is -4.17. The van der Waals surface area contributed by atoms with Crippen molar-refractivity contribution < 1.29 is 19.2 Å². The predicted molar refractivity (Wildman–Crippen MR) is 134 cm³/mol. The standard InChI is InChI=1S/C26H21ClN4O4/c27-18-4-3-5-20(13-18)30-14-17(12-24(30)33)25(34)28-19-10-8-16(9-11-19)26(35)31-15-23(32)29-21-6-1-2-7-22(21)31/h1-11,13,17H,12,14-15H2,(H,28,34)(H,29,32). The SMILES string of the molecule is O=C1CN(C(=O)c2ccc(NC(=O)C3CC(=O)N(c4cccc(Cl)c4)C3)cc2)c2ccccc2N1. The number of hydrogen-bond acceptors (Lipinski definition) is 4. The zero-order valence-electron chi connectivity index (χ0n) is 18.5. The number of para-hydroxylation sites is 2. The molecule has 0 aromatic heterocycles. The van der Waals surface area contributed by atoms with Gasteiger partial charge in [0.25, 0.3) is 5.91 Å². The van der Waals surface area contributed by atoms with Crippen molar-refractivity contribution >= 4 is 58.0 Å². The van der Waals surface area contributed by atoms with Crippen LogP contribution in [0.2, 0.25) is 5.02 Å². The van der Waals surface area contributed by atoms with Crippen molar-refractivity contribution in [3.05, 3.63) is 83.4 Å². The molecule has 0 saturated carbocycles. The van der Waals surface area contributed by atoms with Gasteiger partial charge >= 0.3 is 0 Å². The number of fused-ring (bicyclic) bond motifs is 1. The zero-order valence-corrected chi connectivity index (χ0v) is 19.3. The van der Waals surface area contributed by atoms with Gasteiger partial charge in [0.05, 0.1) is 17.3 Å². The quantitative estimate of drug-likeness (QED) is 0.581. The molecule has 0 aliphatic carbocycles. The van der Waals surface area contributed by atoms with Crippen molar-refractivity contribution in [2.75, 3.05) is 33.5 Å². The summed E-state index contributed by atoms with van der Waals surface area (Å²) < 4.78 is 0. The van der Waals surface area contributed by atoms with Gasteiger partial charge in [-0.15, -0.1) is 0 Å². The monoisotopic (exact) mass is 488 g/mol. The third kappa shape index (κ3) is 4.61. The Bertz CT molecular complexity index is 1340. The van der Waals surface area contributed by atoms with Gasteiger partial charge in [0.1, 0.15) is 6.54 Å². The largest absolute Gasteiger partial charge is 0.326 e. The number of nitrogens with zero attached hydrogens (tertiary/aromatic N) is 2. The summed E-state index contributed by atoms with van der Waals surface area (Å²) in [6.45, 7) is 0.186. The van der Waals surface area contributed by atoms with Crippen LogP contribution in [0.3, 0.4) is 0 Å². The number of hydrogen-bond donors (Lipinski definition) is 2. The summed E-state index contributed by atoms with van der Waals surface area (Å²) in [5.41, 5.74) is 2.77. The molecule has 176 valence electrons. The zero-order chi connectivity index (χ0) is 24.5. The Morgan fingerprint density at radius 1 is 0.971 bits per heavy atom. The van der Waals surface area contributed by atoms with E-state index in [0.717, 1.165) is 0 Å². The average molecular weight is 489 g/mol. The van der Waals surface area contributed by atoms with E-state index in [1.807, 2.05) is 0 Å². The molecule has 4 amide bonds. The number of anilines is 4. The highest BCUT2D eigenvalue weighted by Crippen LogP contribution is 2.31. The van der Waals surface area contributed by atoms with Crippen molar-refractivity contribution in [1.82, 2.24) is 0 Å². The fraction of sp³-hybridized carbons (Fsp3) is 0.154. The fourth-order valence-electron chi connectivity index (χ4n) is 4.29. The van der Waals surface area contributed by atoms with Gasteiger partial charge in [-0.05, 0) is 54.6 Å². The molecule has 0 bridgehead atoms. The maximum Gasteiger partial charge on any atom is 0.258 e. The van der Waals surface area contributed by atoms with Crippen LogP contribution >= 0.6 is 11.6 Å². The second kappa shape index (κ2) is 9.23. The summed E-state index contributed by atoms with van der Waals surface area (Å²) in [6, 6.07) is 20.5. The number of carbonyl (C=O) groups excluding carboxylic acids is 4. The molecule has 0 radical (unpaired) electrons. The van der Waals surface area contributed by atoms with Crippen molar-refractivity contribution in [2.24, 2.45) is 5.92 Å². The van der Waals surface area contributed by atoms with Crippen LogP contribution < -0.4 is 20.4 Å². The maximum atomic E-state index is 13.1. The van der Waals surface area contributed by atoms with Crippen LogP contribution in [0.4, 0.5) is 22.7 Å². The molecule has 2 aliphatic heterocycles. The van der Waals surface area contributed by atoms with Crippen LogP contribution in [0.1, 0.15) is 16.8 Å². The van der Waals surface area contributed by atoms with E-state index in [1.165, 1.54) is 4.90 Å². The lowest BCUT2D eigenvalue weighted by atomic mass is 10.1. The molecule has 2 aliphatic rings. The minimum atomic E-state index is -0.508. The molecule has 9 heteroatoms. The number of nitrogens with one attached hydrogen (secondary N) is 2. The van der Waals surface area contributed by atoms with E-state index in [9.17, 15) is 19.2 Å². The van der Waals surface area contributed by atoms with Crippen LogP contribution in [-0.4, -0.2) is 36.7 Å². The third-order valence-electron chi connectivity index (χ3n) is 6.03. The number of halogens is 1. The molecule has 1 unspecified atom stereocenters. The Labute approximate surface area is 206 Å². The molecule has 1 fully saturated rings. The lowest BCUT2D eigenvalue weighted by Crippen LogP contribution is -2.42. The van der Waals surface area contributed by atoms with E-state index in [0.29, 0.717) is 33.3 Å². The molecule has 3 aromatic carbocycles. The van der Waals surface area contributed by atoms with Crippen molar-refractivity contribution in [3.63, 3.8) is 0 Å². The van der Waals surface area contributed by atoms with E-state index in [2.05, 4.69) is 10.6 Å². The van der Waals surface area contributed by atoms with E-state index in [4.69, 9.17) is 11.6 Å². The summed E-state index contributed by atoms with van der Waals surface area (Å²) in [4.78, 5) is 53.4. The first kappa shape index (κ1) is 22.6. The summed E-state index contributed by atoms with van der Waals surface area (Å²) in [7, 11) is 0. The van der Waals surface area contributed by atoms with Gasteiger partial charge in [-0.2, -0.15) is 0 Å². The number of rotatable bonds is 4. The highest BCUT2D eigenvalue weighted by Gasteiger charge is 2.35. The number of benzene rings is 3. The van der Waals surface area contributed by atoms with E-state index in [1.54, 1.807) is 77.7 Å². The summed E-state index contributed by atoms with van der Waals surface area (Å²) in [5.74, 6) is -1.50. The third-order valence-corrected chi connectivity index (χ3v) is 6.27. The second-order valence-electron chi connectivity index (χ2n) is 8.41.